The summed E-state index contributed by atoms with van der Waals surface area (Å²) in [6, 6.07) is 0.377. The van der Waals surface area contributed by atoms with Crippen molar-refractivity contribution in [1.82, 2.24) is 15.1 Å². The molecule has 3 aliphatic rings. The van der Waals surface area contributed by atoms with Crippen molar-refractivity contribution in [2.45, 2.75) is 58.0 Å². The second-order valence-corrected chi connectivity index (χ2v) is 7.86. The number of alkyl halides is 3. The fraction of sp³-hybridized carbons (Fsp3) is 0.737. The zero-order chi connectivity index (χ0) is 22.8. The zero-order valence-electron chi connectivity index (χ0n) is 17.4. The summed E-state index contributed by atoms with van der Waals surface area (Å²) in [7, 11) is 0. The summed E-state index contributed by atoms with van der Waals surface area (Å²) in [6.07, 6.45) is -2.21. The van der Waals surface area contributed by atoms with Gasteiger partial charge in [0.05, 0.1) is 30.9 Å². The van der Waals surface area contributed by atoms with Gasteiger partial charge in [0.2, 0.25) is 0 Å². The number of fused-ring (bicyclic) bond motifs is 1. The SMILES string of the molecule is Cc1noc(C)c1CN1C[C@@H](C(=O)N2CCCO2)C[C@H]2OCC[C@H]21.O=C(O)C(F)(F)F. The third kappa shape index (κ3) is 5.55. The molecule has 3 fully saturated rings. The standard InChI is InChI=1S/C17H25N3O4.C2HF3O2/c1-11-14(12(2)24-18-11)10-19-9-13(8-16-15(19)4-7-22-16)17(21)20-5-3-6-23-20;3-2(4,5)1(6)7/h13,15-16H,3-10H2,1-2H3;(H,6,7)/t13-,15+,16+;/m0./s1. The molecule has 3 atom stereocenters. The molecule has 31 heavy (non-hydrogen) atoms. The Balaban J connectivity index is 0.000000339. The number of nitrogens with zero attached hydrogens (tertiary/aromatic N) is 3. The van der Waals surface area contributed by atoms with Crippen molar-refractivity contribution in [2.75, 3.05) is 26.3 Å². The number of hydroxylamine groups is 2. The van der Waals surface area contributed by atoms with Crippen molar-refractivity contribution >= 4 is 11.9 Å². The van der Waals surface area contributed by atoms with Crippen LogP contribution in [0.25, 0.3) is 0 Å². The van der Waals surface area contributed by atoms with Crippen LogP contribution >= 0.6 is 0 Å². The highest BCUT2D eigenvalue weighted by molar-refractivity contribution is 5.78. The number of halogens is 3. The Morgan fingerprint density at radius 3 is 2.52 bits per heavy atom. The van der Waals surface area contributed by atoms with Crippen molar-refractivity contribution < 1.29 is 42.0 Å². The maximum atomic E-state index is 12.8. The normalized spacial score (nSPS) is 26.4. The van der Waals surface area contributed by atoms with E-state index in [1.807, 2.05) is 13.8 Å². The second kappa shape index (κ2) is 9.53. The van der Waals surface area contributed by atoms with Crippen molar-refractivity contribution in [3.63, 3.8) is 0 Å². The van der Waals surface area contributed by atoms with Crippen LogP contribution in [0.15, 0.2) is 4.52 Å². The van der Waals surface area contributed by atoms with Gasteiger partial charge in [-0.1, -0.05) is 5.16 Å². The van der Waals surface area contributed by atoms with Crippen LogP contribution in [0.3, 0.4) is 0 Å². The average Bonchev–Trinajstić information content (AvgIpc) is 3.45. The molecule has 1 N–H and O–H groups in total. The van der Waals surface area contributed by atoms with E-state index in [9.17, 15) is 18.0 Å². The summed E-state index contributed by atoms with van der Waals surface area (Å²) >= 11 is 0. The van der Waals surface area contributed by atoms with E-state index in [0.717, 1.165) is 56.0 Å². The summed E-state index contributed by atoms with van der Waals surface area (Å²) < 4.78 is 43.0. The number of rotatable bonds is 3. The van der Waals surface area contributed by atoms with E-state index >= 15 is 0 Å². The molecule has 0 radical (unpaired) electrons. The van der Waals surface area contributed by atoms with Gasteiger partial charge in [0, 0.05) is 31.3 Å². The van der Waals surface area contributed by atoms with Gasteiger partial charge < -0.3 is 14.4 Å². The lowest BCUT2D eigenvalue weighted by Gasteiger charge is -2.40. The number of carboxylic acids is 1. The number of aryl methyl sites for hydroxylation is 2. The van der Waals surface area contributed by atoms with E-state index in [1.54, 1.807) is 5.06 Å². The topological polar surface area (TPSA) is 105 Å². The molecule has 0 saturated carbocycles. The number of carboxylic acid groups (broad SMARTS) is 1. The number of hydrogen-bond donors (Lipinski definition) is 1. The van der Waals surface area contributed by atoms with Gasteiger partial charge in [0.1, 0.15) is 5.76 Å². The fourth-order valence-electron chi connectivity index (χ4n) is 4.17. The zero-order valence-corrected chi connectivity index (χ0v) is 17.4. The van der Waals surface area contributed by atoms with Crippen molar-refractivity contribution in [3.8, 4) is 0 Å². The summed E-state index contributed by atoms with van der Waals surface area (Å²) in [6.45, 7) is 7.54. The maximum Gasteiger partial charge on any atom is 0.490 e. The monoisotopic (exact) mass is 449 g/mol. The van der Waals surface area contributed by atoms with Crippen LogP contribution in [0.4, 0.5) is 13.2 Å². The minimum atomic E-state index is -5.08. The quantitative estimate of drug-likeness (QED) is 0.748. The molecule has 1 amide bonds. The predicted molar refractivity (Wildman–Crippen MR) is 98.6 cm³/mol. The molecule has 12 heteroatoms. The summed E-state index contributed by atoms with van der Waals surface area (Å²) in [5, 5.41) is 12.7. The summed E-state index contributed by atoms with van der Waals surface area (Å²) in [5.41, 5.74) is 2.06. The molecule has 1 aromatic heterocycles. The van der Waals surface area contributed by atoms with Crippen LogP contribution in [0.2, 0.25) is 0 Å². The lowest BCUT2D eigenvalue weighted by Crippen LogP contribution is -2.52. The van der Waals surface area contributed by atoms with Gasteiger partial charge in [0.15, 0.2) is 0 Å². The number of aliphatic carboxylic acids is 1. The predicted octanol–water partition coefficient (Wildman–Crippen LogP) is 2.07. The Kier molecular flexibility index (Phi) is 7.22. The minimum absolute atomic E-state index is 0.0667. The molecule has 1 aromatic rings. The minimum Gasteiger partial charge on any atom is -0.475 e. The van der Waals surface area contributed by atoms with Crippen LogP contribution in [-0.2, 0) is 25.7 Å². The van der Waals surface area contributed by atoms with Gasteiger partial charge in [-0.15, -0.1) is 0 Å². The van der Waals surface area contributed by atoms with Gasteiger partial charge >= 0.3 is 12.1 Å². The molecular weight excluding hydrogens is 423 g/mol. The highest BCUT2D eigenvalue weighted by Gasteiger charge is 2.44. The molecular formula is C19H26F3N3O6. The molecule has 3 aliphatic heterocycles. The number of aromatic nitrogens is 1. The molecule has 0 aromatic carbocycles. The molecule has 0 unspecified atom stereocenters. The molecule has 4 rings (SSSR count). The van der Waals surface area contributed by atoms with Gasteiger partial charge in [-0.25, -0.2) is 9.86 Å². The molecule has 0 aliphatic carbocycles. The first-order valence-corrected chi connectivity index (χ1v) is 10.1. The van der Waals surface area contributed by atoms with Crippen LogP contribution in [-0.4, -0.2) is 76.7 Å². The van der Waals surface area contributed by atoms with E-state index in [-0.39, 0.29) is 17.9 Å². The highest BCUT2D eigenvalue weighted by Crippen LogP contribution is 2.34. The van der Waals surface area contributed by atoms with E-state index in [4.69, 9.17) is 24.0 Å². The van der Waals surface area contributed by atoms with Crippen molar-refractivity contribution in [1.29, 1.82) is 0 Å². The largest absolute Gasteiger partial charge is 0.490 e. The number of likely N-dealkylation sites (tertiary alicyclic amines) is 1. The first kappa shape index (κ1) is 23.5. The lowest BCUT2D eigenvalue weighted by atomic mass is 9.89. The molecule has 4 heterocycles. The first-order chi connectivity index (χ1) is 14.6. The lowest BCUT2D eigenvalue weighted by molar-refractivity contribution is -0.192. The third-order valence-corrected chi connectivity index (χ3v) is 5.75. The van der Waals surface area contributed by atoms with E-state index in [0.29, 0.717) is 19.2 Å². The van der Waals surface area contributed by atoms with Crippen molar-refractivity contribution in [3.05, 3.63) is 17.0 Å². The number of hydrogen-bond acceptors (Lipinski definition) is 7. The van der Waals surface area contributed by atoms with Gasteiger partial charge in [0.25, 0.3) is 5.91 Å². The Labute approximate surface area is 177 Å². The van der Waals surface area contributed by atoms with Crippen LogP contribution < -0.4 is 0 Å². The fourth-order valence-corrected chi connectivity index (χ4v) is 4.17. The Morgan fingerprint density at radius 2 is 1.97 bits per heavy atom. The Morgan fingerprint density at radius 1 is 1.26 bits per heavy atom. The van der Waals surface area contributed by atoms with E-state index in [1.165, 1.54) is 0 Å². The number of piperidine rings is 1. The van der Waals surface area contributed by atoms with E-state index in [2.05, 4.69) is 10.1 Å². The van der Waals surface area contributed by atoms with Crippen LogP contribution in [0.5, 0.6) is 0 Å². The highest BCUT2D eigenvalue weighted by atomic mass is 19.4. The van der Waals surface area contributed by atoms with Gasteiger partial charge in [-0.3, -0.25) is 14.5 Å². The van der Waals surface area contributed by atoms with Crippen LogP contribution in [0, 0.1) is 19.8 Å². The maximum absolute atomic E-state index is 12.8. The average molecular weight is 449 g/mol. The Bertz CT molecular complexity index is 774. The van der Waals surface area contributed by atoms with Gasteiger partial charge in [-0.05, 0) is 33.1 Å². The molecule has 3 saturated heterocycles. The first-order valence-electron chi connectivity index (χ1n) is 10.1. The number of carbonyl (C=O) groups excluding carboxylic acids is 1. The van der Waals surface area contributed by atoms with Crippen molar-refractivity contribution in [2.24, 2.45) is 5.92 Å². The molecule has 9 nitrogen and oxygen atoms in total. The number of ether oxygens (including phenoxy) is 1. The third-order valence-electron chi connectivity index (χ3n) is 5.75. The summed E-state index contributed by atoms with van der Waals surface area (Å²) in [4.78, 5) is 29.5. The number of carbonyl (C=O) groups is 2. The smallest absolute Gasteiger partial charge is 0.475 e. The van der Waals surface area contributed by atoms with Crippen LogP contribution in [0.1, 0.15) is 36.3 Å². The molecule has 174 valence electrons. The van der Waals surface area contributed by atoms with Gasteiger partial charge in [-0.2, -0.15) is 13.2 Å². The molecule has 0 bridgehead atoms. The summed E-state index contributed by atoms with van der Waals surface area (Å²) in [5.74, 6) is -1.86. The second-order valence-electron chi connectivity index (χ2n) is 7.86. The molecule has 0 spiro atoms. The number of amides is 1. The van der Waals surface area contributed by atoms with E-state index < -0.39 is 12.1 Å². The Hall–Kier alpha value is -2.18.